The van der Waals surface area contributed by atoms with E-state index in [0.29, 0.717) is 12.1 Å². The molecule has 1 rings (SSSR count). The Labute approximate surface area is 88.7 Å². The van der Waals surface area contributed by atoms with Gasteiger partial charge in [0.15, 0.2) is 0 Å². The summed E-state index contributed by atoms with van der Waals surface area (Å²) in [6, 6.07) is 4.74. The molecular weight excluding hydrogens is 194 g/mol. The topological polar surface area (TPSA) is 72.5 Å². The highest BCUT2D eigenvalue weighted by molar-refractivity contribution is 5.72. The largest absolute Gasteiger partial charge is 0.508 e. The number of methoxy groups -OCH3 is 1. The molecule has 0 aliphatic carbocycles. The summed E-state index contributed by atoms with van der Waals surface area (Å²) in [7, 11) is 1.36. The number of hydrogen-bond acceptors (Lipinski definition) is 4. The molecule has 82 valence electrons. The number of anilines is 1. The first kappa shape index (κ1) is 11.4. The monoisotopic (exact) mass is 209 g/mol. The zero-order chi connectivity index (χ0) is 11.4. The Morgan fingerprint density at radius 3 is 2.80 bits per heavy atom. The number of esters is 1. The lowest BCUT2D eigenvalue weighted by atomic mass is 10.00. The molecule has 1 atom stereocenters. The van der Waals surface area contributed by atoms with Crippen molar-refractivity contribution in [3.8, 4) is 5.75 Å². The lowest BCUT2D eigenvalue weighted by Crippen LogP contribution is -2.15. The molecule has 0 heterocycles. The molecule has 0 aromatic heterocycles. The summed E-state index contributed by atoms with van der Waals surface area (Å²) in [4.78, 5) is 11.2. The van der Waals surface area contributed by atoms with Crippen LogP contribution in [0.15, 0.2) is 18.2 Å². The van der Waals surface area contributed by atoms with E-state index in [1.165, 1.54) is 13.2 Å². The van der Waals surface area contributed by atoms with Gasteiger partial charge in [-0.2, -0.15) is 0 Å². The van der Waals surface area contributed by atoms with E-state index in [1.54, 1.807) is 19.1 Å². The third-order valence-electron chi connectivity index (χ3n) is 2.26. The number of phenolic OH excluding ortho intramolecular Hbond substituents is 1. The second kappa shape index (κ2) is 4.68. The molecule has 4 nitrogen and oxygen atoms in total. The van der Waals surface area contributed by atoms with Crippen molar-refractivity contribution in [2.75, 3.05) is 12.8 Å². The Morgan fingerprint density at radius 1 is 1.60 bits per heavy atom. The van der Waals surface area contributed by atoms with Gasteiger partial charge in [0.05, 0.1) is 13.0 Å². The first-order valence-electron chi connectivity index (χ1n) is 4.69. The number of nitrogen functional groups attached to an aromatic ring is 1. The van der Waals surface area contributed by atoms with E-state index >= 15 is 0 Å². The third-order valence-corrected chi connectivity index (χ3v) is 2.26. The van der Waals surface area contributed by atoms with E-state index < -0.39 is 0 Å². The summed E-state index contributed by atoms with van der Waals surface area (Å²) in [6.45, 7) is 1.78. The van der Waals surface area contributed by atoms with Gasteiger partial charge in [-0.3, -0.25) is 4.79 Å². The fraction of sp³-hybridized carbons (Fsp3) is 0.364. The predicted octanol–water partition coefficient (Wildman–Crippen LogP) is 1.33. The number of ether oxygens (including phenoxy) is 1. The minimum Gasteiger partial charge on any atom is -0.508 e. The first-order valence-corrected chi connectivity index (χ1v) is 4.69. The van der Waals surface area contributed by atoms with Gasteiger partial charge in [-0.15, -0.1) is 0 Å². The van der Waals surface area contributed by atoms with Crippen LogP contribution >= 0.6 is 0 Å². The maximum atomic E-state index is 11.2. The number of benzene rings is 1. The average molecular weight is 209 g/mol. The van der Waals surface area contributed by atoms with E-state index in [1.807, 2.05) is 0 Å². The van der Waals surface area contributed by atoms with E-state index in [2.05, 4.69) is 4.74 Å². The van der Waals surface area contributed by atoms with E-state index in [9.17, 15) is 4.79 Å². The molecule has 0 fully saturated rings. The Kier molecular flexibility index (Phi) is 3.55. The van der Waals surface area contributed by atoms with Crippen LogP contribution in [0.1, 0.15) is 12.5 Å². The predicted molar refractivity (Wildman–Crippen MR) is 57.4 cm³/mol. The molecule has 0 radical (unpaired) electrons. The Hall–Kier alpha value is -1.71. The van der Waals surface area contributed by atoms with Crippen molar-refractivity contribution >= 4 is 11.7 Å². The standard InChI is InChI=1S/C11H15NO3/c1-7(11(14)15-2)5-8-3-4-9(13)6-10(8)12/h3-4,6-7,13H,5,12H2,1-2H3. The maximum absolute atomic E-state index is 11.2. The van der Waals surface area contributed by atoms with Crippen molar-refractivity contribution in [2.45, 2.75) is 13.3 Å². The SMILES string of the molecule is COC(=O)C(C)Cc1ccc(O)cc1N. The highest BCUT2D eigenvalue weighted by Crippen LogP contribution is 2.21. The maximum Gasteiger partial charge on any atom is 0.308 e. The summed E-state index contributed by atoms with van der Waals surface area (Å²) in [5.41, 5.74) is 7.03. The molecule has 0 saturated carbocycles. The molecule has 1 unspecified atom stereocenters. The van der Waals surface area contributed by atoms with Crippen LogP contribution in [0, 0.1) is 5.92 Å². The second-order valence-electron chi connectivity index (χ2n) is 3.51. The summed E-state index contributed by atoms with van der Waals surface area (Å²) < 4.78 is 4.62. The molecule has 0 bridgehead atoms. The lowest BCUT2D eigenvalue weighted by molar-refractivity contribution is -0.144. The second-order valence-corrected chi connectivity index (χ2v) is 3.51. The molecule has 1 aromatic rings. The number of carbonyl (C=O) groups is 1. The summed E-state index contributed by atoms with van der Waals surface area (Å²) in [6.07, 6.45) is 0.513. The van der Waals surface area contributed by atoms with Crippen LogP contribution in [-0.2, 0) is 16.0 Å². The Balaban J connectivity index is 2.76. The summed E-state index contributed by atoms with van der Waals surface area (Å²) >= 11 is 0. The van der Waals surface area contributed by atoms with Gasteiger partial charge in [0, 0.05) is 11.8 Å². The molecule has 0 aliphatic rings. The Morgan fingerprint density at radius 2 is 2.27 bits per heavy atom. The van der Waals surface area contributed by atoms with Gasteiger partial charge in [-0.1, -0.05) is 13.0 Å². The number of hydrogen-bond donors (Lipinski definition) is 2. The van der Waals surface area contributed by atoms with Gasteiger partial charge in [-0.25, -0.2) is 0 Å². The van der Waals surface area contributed by atoms with Crippen LogP contribution in [0.25, 0.3) is 0 Å². The van der Waals surface area contributed by atoms with Crippen molar-refractivity contribution in [2.24, 2.45) is 5.92 Å². The zero-order valence-corrected chi connectivity index (χ0v) is 8.86. The van der Waals surface area contributed by atoms with Crippen molar-refractivity contribution in [3.05, 3.63) is 23.8 Å². The van der Waals surface area contributed by atoms with E-state index in [0.717, 1.165) is 5.56 Å². The summed E-state index contributed by atoms with van der Waals surface area (Å²) in [5, 5.41) is 9.16. The highest BCUT2D eigenvalue weighted by Gasteiger charge is 2.15. The van der Waals surface area contributed by atoms with Crippen LogP contribution in [0.3, 0.4) is 0 Å². The normalized spacial score (nSPS) is 12.1. The zero-order valence-electron chi connectivity index (χ0n) is 8.86. The molecule has 0 spiro atoms. The molecule has 1 aromatic carbocycles. The van der Waals surface area contributed by atoms with Crippen molar-refractivity contribution in [1.82, 2.24) is 0 Å². The number of phenols is 1. The van der Waals surface area contributed by atoms with Crippen LogP contribution in [0.4, 0.5) is 5.69 Å². The fourth-order valence-electron chi connectivity index (χ4n) is 1.38. The first-order chi connectivity index (χ1) is 7.04. The van der Waals surface area contributed by atoms with Gasteiger partial charge in [0.2, 0.25) is 0 Å². The number of rotatable bonds is 3. The molecular formula is C11H15NO3. The highest BCUT2D eigenvalue weighted by atomic mass is 16.5. The van der Waals surface area contributed by atoms with Gasteiger partial charge >= 0.3 is 5.97 Å². The van der Waals surface area contributed by atoms with Crippen molar-refractivity contribution in [3.63, 3.8) is 0 Å². The van der Waals surface area contributed by atoms with Crippen LogP contribution in [0.2, 0.25) is 0 Å². The van der Waals surface area contributed by atoms with Crippen molar-refractivity contribution < 1.29 is 14.6 Å². The fourth-order valence-corrected chi connectivity index (χ4v) is 1.38. The molecule has 15 heavy (non-hydrogen) atoms. The lowest BCUT2D eigenvalue weighted by Gasteiger charge is -2.11. The quantitative estimate of drug-likeness (QED) is 0.581. The molecule has 3 N–H and O–H groups in total. The smallest absolute Gasteiger partial charge is 0.308 e. The van der Waals surface area contributed by atoms with Crippen molar-refractivity contribution in [1.29, 1.82) is 0 Å². The van der Waals surface area contributed by atoms with Crippen LogP contribution in [0.5, 0.6) is 5.75 Å². The number of nitrogens with two attached hydrogens (primary N) is 1. The molecule has 0 saturated heterocycles. The third kappa shape index (κ3) is 2.87. The van der Waals surface area contributed by atoms with E-state index in [-0.39, 0.29) is 17.6 Å². The summed E-state index contributed by atoms with van der Waals surface area (Å²) in [5.74, 6) is -0.369. The van der Waals surface area contributed by atoms with E-state index in [4.69, 9.17) is 10.8 Å². The molecule has 0 amide bonds. The van der Waals surface area contributed by atoms with Gasteiger partial charge < -0.3 is 15.6 Å². The molecule has 0 aliphatic heterocycles. The van der Waals surface area contributed by atoms with Crippen LogP contribution in [-0.4, -0.2) is 18.2 Å². The number of aromatic hydroxyl groups is 1. The van der Waals surface area contributed by atoms with Gasteiger partial charge in [-0.05, 0) is 18.1 Å². The minimum absolute atomic E-state index is 0.127. The van der Waals surface area contributed by atoms with Gasteiger partial charge in [0.1, 0.15) is 5.75 Å². The van der Waals surface area contributed by atoms with Crippen LogP contribution < -0.4 is 5.73 Å². The minimum atomic E-state index is -0.262. The average Bonchev–Trinajstić information content (AvgIpc) is 2.20. The van der Waals surface area contributed by atoms with Gasteiger partial charge in [0.25, 0.3) is 0 Å². The number of carbonyl (C=O) groups excluding carboxylic acids is 1. The Bertz CT molecular complexity index is 363. The molecule has 4 heteroatoms.